The van der Waals surface area contributed by atoms with Crippen molar-refractivity contribution in [3.05, 3.63) is 48.4 Å². The zero-order chi connectivity index (χ0) is 17.8. The molecule has 1 saturated heterocycles. The minimum absolute atomic E-state index is 0.284. The second-order valence-corrected chi connectivity index (χ2v) is 7.63. The summed E-state index contributed by atoms with van der Waals surface area (Å²) >= 11 is 0. The molecule has 2 aromatic rings. The van der Waals surface area contributed by atoms with Gasteiger partial charge in [-0.1, -0.05) is 18.9 Å². The number of rotatable bonds is 6. The van der Waals surface area contributed by atoms with Gasteiger partial charge in [0.2, 0.25) is 0 Å². The fourth-order valence-corrected chi connectivity index (χ4v) is 4.69. The van der Waals surface area contributed by atoms with Gasteiger partial charge in [-0.15, -0.1) is 0 Å². The highest BCUT2D eigenvalue weighted by molar-refractivity contribution is 5.27. The Hall–Kier alpha value is -1.69. The monoisotopic (exact) mass is 354 g/mol. The van der Waals surface area contributed by atoms with Crippen molar-refractivity contribution < 1.29 is 5.11 Å². The van der Waals surface area contributed by atoms with Crippen molar-refractivity contribution in [1.29, 1.82) is 0 Å². The molecule has 2 fully saturated rings. The van der Waals surface area contributed by atoms with Crippen molar-refractivity contribution in [2.45, 2.75) is 50.7 Å². The second kappa shape index (κ2) is 8.33. The summed E-state index contributed by atoms with van der Waals surface area (Å²) < 4.78 is 2.18. The third-order valence-electron chi connectivity index (χ3n) is 5.98. The summed E-state index contributed by atoms with van der Waals surface area (Å²) in [5.41, 5.74) is 1.28. The van der Waals surface area contributed by atoms with E-state index in [0.717, 1.165) is 44.5 Å². The van der Waals surface area contributed by atoms with Gasteiger partial charge >= 0.3 is 0 Å². The molecule has 5 heteroatoms. The molecule has 0 spiro atoms. The molecular formula is C21H30N4O. The molecule has 1 aliphatic heterocycles. The van der Waals surface area contributed by atoms with Crippen LogP contribution in [-0.2, 0) is 6.54 Å². The molecule has 0 unspecified atom stereocenters. The summed E-state index contributed by atoms with van der Waals surface area (Å²) in [6.07, 6.45) is 10.2. The van der Waals surface area contributed by atoms with E-state index in [1.807, 2.05) is 18.3 Å². The smallest absolute Gasteiger partial charge is 0.136 e. The van der Waals surface area contributed by atoms with Crippen LogP contribution in [0, 0.1) is 0 Å². The van der Waals surface area contributed by atoms with Crippen molar-refractivity contribution in [1.82, 2.24) is 19.4 Å². The van der Waals surface area contributed by atoms with E-state index in [1.54, 1.807) is 0 Å². The molecule has 0 aromatic carbocycles. The summed E-state index contributed by atoms with van der Waals surface area (Å²) in [6, 6.07) is 11.6. The quantitative estimate of drug-likeness (QED) is 0.866. The topological polar surface area (TPSA) is 44.5 Å². The van der Waals surface area contributed by atoms with Crippen molar-refractivity contribution >= 4 is 0 Å². The fraction of sp³-hybridized carbons (Fsp3) is 0.571. The highest BCUT2D eigenvalue weighted by atomic mass is 16.3. The van der Waals surface area contributed by atoms with Crippen LogP contribution in [-0.4, -0.2) is 62.8 Å². The van der Waals surface area contributed by atoms with Gasteiger partial charge in [-0.25, -0.2) is 4.98 Å². The Morgan fingerprint density at radius 3 is 2.73 bits per heavy atom. The average molecular weight is 354 g/mol. The van der Waals surface area contributed by atoms with Crippen LogP contribution in [0.25, 0.3) is 5.82 Å². The SMILES string of the molecule is OCC[C@H]1CN(Cc2cccn2-c2ccccn2)CCN1C1CCCC1. The lowest BCUT2D eigenvalue weighted by Crippen LogP contribution is -2.56. The maximum absolute atomic E-state index is 9.56. The van der Waals surface area contributed by atoms with Gasteiger partial charge in [-0.3, -0.25) is 9.80 Å². The number of aromatic nitrogens is 2. The minimum Gasteiger partial charge on any atom is -0.396 e. The Morgan fingerprint density at radius 1 is 1.08 bits per heavy atom. The van der Waals surface area contributed by atoms with E-state index < -0.39 is 0 Å². The number of aliphatic hydroxyl groups excluding tert-OH is 1. The first-order valence-corrected chi connectivity index (χ1v) is 10.0. The zero-order valence-corrected chi connectivity index (χ0v) is 15.5. The van der Waals surface area contributed by atoms with Crippen molar-refractivity contribution in [2.75, 3.05) is 26.2 Å². The van der Waals surface area contributed by atoms with Gasteiger partial charge in [-0.2, -0.15) is 0 Å². The van der Waals surface area contributed by atoms with Gasteiger partial charge in [0.15, 0.2) is 0 Å². The summed E-state index contributed by atoms with van der Waals surface area (Å²) in [5.74, 6) is 0.976. The Morgan fingerprint density at radius 2 is 1.96 bits per heavy atom. The Labute approximate surface area is 156 Å². The maximum Gasteiger partial charge on any atom is 0.136 e. The van der Waals surface area contributed by atoms with Crippen LogP contribution in [0.15, 0.2) is 42.7 Å². The van der Waals surface area contributed by atoms with E-state index in [1.165, 1.54) is 31.4 Å². The van der Waals surface area contributed by atoms with Gasteiger partial charge < -0.3 is 9.67 Å². The lowest BCUT2D eigenvalue weighted by atomic mass is 10.0. The number of piperazine rings is 1. The average Bonchev–Trinajstić information content (AvgIpc) is 3.35. The fourth-order valence-electron chi connectivity index (χ4n) is 4.69. The molecule has 1 aliphatic carbocycles. The first-order chi connectivity index (χ1) is 12.8. The molecule has 0 bridgehead atoms. The molecule has 26 heavy (non-hydrogen) atoms. The van der Waals surface area contributed by atoms with E-state index in [4.69, 9.17) is 0 Å². The third kappa shape index (κ3) is 3.85. The van der Waals surface area contributed by atoms with Crippen molar-refractivity contribution in [2.24, 2.45) is 0 Å². The number of aliphatic hydroxyl groups is 1. The van der Waals surface area contributed by atoms with E-state index in [2.05, 4.69) is 43.7 Å². The van der Waals surface area contributed by atoms with Crippen molar-refractivity contribution in [3.63, 3.8) is 0 Å². The van der Waals surface area contributed by atoms with Crippen LogP contribution in [0.5, 0.6) is 0 Å². The standard InChI is InChI=1S/C21H30N4O/c26-15-10-20-17-23(13-14-24(20)18-6-1-2-7-18)16-19-8-5-12-25(19)21-9-3-4-11-22-21/h3-5,8-9,11-12,18,20,26H,1-2,6-7,10,13-17H2/t20-/m0/s1. The zero-order valence-electron chi connectivity index (χ0n) is 15.5. The van der Waals surface area contributed by atoms with Gasteiger partial charge in [0, 0.05) is 63.0 Å². The molecule has 1 N–H and O–H groups in total. The number of hydrogen-bond acceptors (Lipinski definition) is 4. The molecule has 3 heterocycles. The van der Waals surface area contributed by atoms with Gasteiger partial charge in [0.1, 0.15) is 5.82 Å². The van der Waals surface area contributed by atoms with Crippen LogP contribution in [0.3, 0.4) is 0 Å². The lowest BCUT2D eigenvalue weighted by Gasteiger charge is -2.44. The van der Waals surface area contributed by atoms with E-state index >= 15 is 0 Å². The molecule has 140 valence electrons. The van der Waals surface area contributed by atoms with Crippen LogP contribution < -0.4 is 0 Å². The Bertz CT molecular complexity index is 680. The minimum atomic E-state index is 0.284. The molecule has 0 amide bonds. The van der Waals surface area contributed by atoms with Crippen LogP contribution in [0.2, 0.25) is 0 Å². The van der Waals surface area contributed by atoms with Crippen LogP contribution in [0.4, 0.5) is 0 Å². The third-order valence-corrected chi connectivity index (χ3v) is 5.98. The van der Waals surface area contributed by atoms with Crippen LogP contribution >= 0.6 is 0 Å². The Kier molecular flexibility index (Phi) is 5.68. The summed E-state index contributed by atoms with van der Waals surface area (Å²) in [5, 5.41) is 9.56. The van der Waals surface area contributed by atoms with E-state index in [0.29, 0.717) is 6.04 Å². The molecule has 1 saturated carbocycles. The first-order valence-electron chi connectivity index (χ1n) is 10.0. The Balaban J connectivity index is 1.44. The van der Waals surface area contributed by atoms with Crippen LogP contribution in [0.1, 0.15) is 37.8 Å². The molecule has 4 rings (SSSR count). The largest absolute Gasteiger partial charge is 0.396 e. The molecule has 5 nitrogen and oxygen atoms in total. The molecule has 0 radical (unpaired) electrons. The number of hydrogen-bond donors (Lipinski definition) is 1. The lowest BCUT2D eigenvalue weighted by molar-refractivity contribution is 0.0261. The molecule has 2 aromatic heterocycles. The first kappa shape index (κ1) is 17.7. The normalized spacial score (nSPS) is 22.9. The van der Waals surface area contributed by atoms with Crippen molar-refractivity contribution in [3.8, 4) is 5.82 Å². The highest BCUT2D eigenvalue weighted by Gasteiger charge is 2.33. The van der Waals surface area contributed by atoms with Gasteiger partial charge in [0.25, 0.3) is 0 Å². The van der Waals surface area contributed by atoms with E-state index in [-0.39, 0.29) is 6.61 Å². The number of pyridine rings is 1. The summed E-state index contributed by atoms with van der Waals surface area (Å²) in [7, 11) is 0. The highest BCUT2D eigenvalue weighted by Crippen LogP contribution is 2.28. The molecular weight excluding hydrogens is 324 g/mol. The van der Waals surface area contributed by atoms with Gasteiger partial charge in [0.05, 0.1) is 0 Å². The summed E-state index contributed by atoms with van der Waals surface area (Å²) in [4.78, 5) is 9.72. The second-order valence-electron chi connectivity index (χ2n) is 7.63. The molecule has 1 atom stereocenters. The van der Waals surface area contributed by atoms with Gasteiger partial charge in [-0.05, 0) is 43.5 Å². The summed E-state index contributed by atoms with van der Waals surface area (Å²) in [6.45, 7) is 4.49. The molecule has 2 aliphatic rings. The van der Waals surface area contributed by atoms with E-state index in [9.17, 15) is 5.11 Å². The number of nitrogens with zero attached hydrogens (tertiary/aromatic N) is 4. The predicted molar refractivity (Wildman–Crippen MR) is 103 cm³/mol. The predicted octanol–water partition coefficient (Wildman–Crippen LogP) is 2.68. The maximum atomic E-state index is 9.56.